The molecule has 0 radical (unpaired) electrons. The first kappa shape index (κ1) is 11.7. The average molecular weight is 272 g/mol. The van der Waals surface area contributed by atoms with E-state index in [-0.39, 0.29) is 5.82 Å². The van der Waals surface area contributed by atoms with Gasteiger partial charge in [-0.1, -0.05) is 29.8 Å². The number of halogens is 1. The quantitative estimate of drug-likeness (QED) is 0.740. The summed E-state index contributed by atoms with van der Waals surface area (Å²) in [5.41, 5.74) is 6.75. The molecule has 2 N–H and O–H groups in total. The fourth-order valence-corrected chi connectivity index (χ4v) is 2.22. The second-order valence-corrected chi connectivity index (χ2v) is 4.55. The number of hydrogen-bond donors (Lipinski definition) is 1. The molecule has 3 rings (SSSR count). The van der Waals surface area contributed by atoms with Crippen LogP contribution in [0.1, 0.15) is 0 Å². The molecular weight excluding hydrogens is 262 g/mol. The van der Waals surface area contributed by atoms with Gasteiger partial charge in [-0.25, -0.2) is 4.79 Å². The summed E-state index contributed by atoms with van der Waals surface area (Å²) in [7, 11) is 0. The molecule has 0 bridgehead atoms. The van der Waals surface area contributed by atoms with Gasteiger partial charge in [0, 0.05) is 10.4 Å². The van der Waals surface area contributed by atoms with Crippen LogP contribution in [0, 0.1) is 0 Å². The van der Waals surface area contributed by atoms with Gasteiger partial charge in [0.1, 0.15) is 5.82 Å². The zero-order valence-electron chi connectivity index (χ0n) is 9.88. The minimum absolute atomic E-state index is 0.212. The van der Waals surface area contributed by atoms with Crippen molar-refractivity contribution in [2.24, 2.45) is 0 Å². The Morgan fingerprint density at radius 2 is 1.84 bits per heavy atom. The van der Waals surface area contributed by atoms with Crippen molar-refractivity contribution in [1.82, 2.24) is 9.55 Å². The van der Waals surface area contributed by atoms with E-state index >= 15 is 0 Å². The number of fused-ring (bicyclic) bond motifs is 1. The number of anilines is 1. The fourth-order valence-electron chi connectivity index (χ4n) is 2.05. The first-order valence-electron chi connectivity index (χ1n) is 5.70. The first-order chi connectivity index (χ1) is 9.16. The van der Waals surface area contributed by atoms with Crippen LogP contribution in [0.25, 0.3) is 16.6 Å². The van der Waals surface area contributed by atoms with Crippen LogP contribution in [0.3, 0.4) is 0 Å². The fraction of sp³-hybridized carbons (Fsp3) is 0. The van der Waals surface area contributed by atoms with Gasteiger partial charge in [-0.15, -0.1) is 0 Å². The topological polar surface area (TPSA) is 60.9 Å². The number of nitrogens with zero attached hydrogens (tertiary/aromatic N) is 2. The Morgan fingerprint density at radius 3 is 2.58 bits per heavy atom. The van der Waals surface area contributed by atoms with Crippen molar-refractivity contribution >= 4 is 28.3 Å². The molecule has 1 aromatic heterocycles. The predicted molar refractivity (Wildman–Crippen MR) is 76.8 cm³/mol. The van der Waals surface area contributed by atoms with Crippen LogP contribution in [0.15, 0.2) is 53.3 Å². The SMILES string of the molecule is Nc1nc(=O)n(-c2ccccc2)c2cc(Cl)ccc12. The third-order valence-corrected chi connectivity index (χ3v) is 3.13. The van der Waals surface area contributed by atoms with Crippen molar-refractivity contribution in [2.75, 3.05) is 5.73 Å². The molecule has 19 heavy (non-hydrogen) atoms. The summed E-state index contributed by atoms with van der Waals surface area (Å²) in [6.45, 7) is 0. The Hall–Kier alpha value is -2.33. The Morgan fingerprint density at radius 1 is 1.11 bits per heavy atom. The summed E-state index contributed by atoms with van der Waals surface area (Å²) in [6, 6.07) is 14.5. The van der Waals surface area contributed by atoms with Crippen LogP contribution in [-0.2, 0) is 0 Å². The maximum Gasteiger partial charge on any atom is 0.354 e. The smallest absolute Gasteiger partial charge is 0.354 e. The molecule has 0 saturated heterocycles. The summed E-state index contributed by atoms with van der Waals surface area (Å²) in [4.78, 5) is 15.9. The molecule has 0 fully saturated rings. The van der Waals surface area contributed by atoms with Crippen molar-refractivity contribution in [3.63, 3.8) is 0 Å². The molecule has 1 heterocycles. The van der Waals surface area contributed by atoms with Gasteiger partial charge in [-0.2, -0.15) is 4.98 Å². The summed E-state index contributed by atoms with van der Waals surface area (Å²) in [5.74, 6) is 0.212. The van der Waals surface area contributed by atoms with E-state index in [1.165, 1.54) is 4.57 Å². The average Bonchev–Trinajstić information content (AvgIpc) is 2.39. The maximum absolute atomic E-state index is 12.1. The van der Waals surface area contributed by atoms with Gasteiger partial charge in [-0.3, -0.25) is 4.57 Å². The van der Waals surface area contributed by atoms with Crippen molar-refractivity contribution in [1.29, 1.82) is 0 Å². The van der Waals surface area contributed by atoms with Crippen molar-refractivity contribution in [3.05, 3.63) is 64.0 Å². The molecule has 2 aromatic carbocycles. The van der Waals surface area contributed by atoms with Crippen LogP contribution >= 0.6 is 11.6 Å². The van der Waals surface area contributed by atoms with Crippen LogP contribution < -0.4 is 11.4 Å². The van der Waals surface area contributed by atoms with E-state index in [4.69, 9.17) is 17.3 Å². The highest BCUT2D eigenvalue weighted by atomic mass is 35.5. The molecule has 3 aromatic rings. The van der Waals surface area contributed by atoms with E-state index < -0.39 is 5.69 Å². The van der Waals surface area contributed by atoms with Gasteiger partial charge >= 0.3 is 5.69 Å². The lowest BCUT2D eigenvalue weighted by molar-refractivity contribution is 0.965. The van der Waals surface area contributed by atoms with E-state index in [1.54, 1.807) is 18.2 Å². The number of hydrogen-bond acceptors (Lipinski definition) is 3. The maximum atomic E-state index is 12.1. The van der Waals surface area contributed by atoms with Gasteiger partial charge < -0.3 is 5.73 Å². The van der Waals surface area contributed by atoms with E-state index in [1.807, 2.05) is 30.3 Å². The number of nitrogens with two attached hydrogens (primary N) is 1. The molecule has 0 aliphatic carbocycles. The lowest BCUT2D eigenvalue weighted by atomic mass is 10.2. The number of para-hydroxylation sites is 1. The largest absolute Gasteiger partial charge is 0.383 e. The Balaban J connectivity index is 2.48. The van der Waals surface area contributed by atoms with Crippen molar-refractivity contribution in [3.8, 4) is 5.69 Å². The summed E-state index contributed by atoms with van der Waals surface area (Å²) >= 11 is 6.01. The van der Waals surface area contributed by atoms with Crippen molar-refractivity contribution in [2.45, 2.75) is 0 Å². The van der Waals surface area contributed by atoms with Crippen LogP contribution in [-0.4, -0.2) is 9.55 Å². The second-order valence-electron chi connectivity index (χ2n) is 4.11. The van der Waals surface area contributed by atoms with Crippen molar-refractivity contribution < 1.29 is 0 Å². The van der Waals surface area contributed by atoms with E-state index in [2.05, 4.69) is 4.98 Å². The van der Waals surface area contributed by atoms with Gasteiger partial charge in [0.25, 0.3) is 0 Å². The third kappa shape index (κ3) is 1.96. The number of nitrogen functional groups attached to an aromatic ring is 1. The number of aromatic nitrogens is 2. The molecule has 4 nitrogen and oxygen atoms in total. The van der Waals surface area contributed by atoms with Crippen LogP contribution in [0.5, 0.6) is 0 Å². The van der Waals surface area contributed by atoms with Crippen LogP contribution in [0.2, 0.25) is 5.02 Å². The Bertz CT molecular complexity index is 812. The zero-order chi connectivity index (χ0) is 13.4. The molecule has 0 aliphatic rings. The summed E-state index contributed by atoms with van der Waals surface area (Å²) in [5, 5.41) is 1.25. The lowest BCUT2D eigenvalue weighted by Crippen LogP contribution is -2.23. The first-order valence-corrected chi connectivity index (χ1v) is 6.08. The Kier molecular flexibility index (Phi) is 2.72. The molecule has 0 atom stereocenters. The second kappa shape index (κ2) is 4.40. The highest BCUT2D eigenvalue weighted by Crippen LogP contribution is 2.23. The zero-order valence-corrected chi connectivity index (χ0v) is 10.6. The van der Waals surface area contributed by atoms with Gasteiger partial charge in [0.15, 0.2) is 0 Å². The van der Waals surface area contributed by atoms with Gasteiger partial charge in [-0.05, 0) is 30.3 Å². The normalized spacial score (nSPS) is 10.8. The molecule has 94 valence electrons. The monoisotopic (exact) mass is 271 g/mol. The Labute approximate surface area is 114 Å². The third-order valence-electron chi connectivity index (χ3n) is 2.90. The predicted octanol–water partition coefficient (Wildman–Crippen LogP) is 2.62. The van der Waals surface area contributed by atoms with E-state index in [9.17, 15) is 4.79 Å². The number of rotatable bonds is 1. The van der Waals surface area contributed by atoms with Crippen LogP contribution in [0.4, 0.5) is 5.82 Å². The van der Waals surface area contributed by atoms with E-state index in [0.717, 1.165) is 5.69 Å². The molecule has 0 spiro atoms. The molecule has 5 heteroatoms. The van der Waals surface area contributed by atoms with Gasteiger partial charge in [0.2, 0.25) is 0 Å². The van der Waals surface area contributed by atoms with E-state index in [0.29, 0.717) is 15.9 Å². The molecule has 0 amide bonds. The highest BCUT2D eigenvalue weighted by Gasteiger charge is 2.10. The lowest BCUT2D eigenvalue weighted by Gasteiger charge is -2.11. The molecule has 0 aliphatic heterocycles. The summed E-state index contributed by atoms with van der Waals surface area (Å²) < 4.78 is 1.50. The highest BCUT2D eigenvalue weighted by molar-refractivity contribution is 6.31. The minimum atomic E-state index is -0.418. The molecule has 0 unspecified atom stereocenters. The molecular formula is C14H10ClN3O. The standard InChI is InChI=1S/C14H10ClN3O/c15-9-6-7-11-12(8-9)18(14(19)17-13(11)16)10-4-2-1-3-5-10/h1-8H,(H2,16,17,19). The van der Waals surface area contributed by atoms with Gasteiger partial charge in [0.05, 0.1) is 11.2 Å². The minimum Gasteiger partial charge on any atom is -0.383 e. The summed E-state index contributed by atoms with van der Waals surface area (Å²) in [6.07, 6.45) is 0. The molecule has 0 saturated carbocycles. The number of benzene rings is 2.